The third kappa shape index (κ3) is 7.56. The van der Waals surface area contributed by atoms with Crippen LogP contribution in [-0.2, 0) is 4.79 Å². The molecule has 1 saturated heterocycles. The molecule has 11 heteroatoms. The van der Waals surface area contributed by atoms with Crippen molar-refractivity contribution in [3.8, 4) is 0 Å². The monoisotopic (exact) mass is 578 g/mol. The zero-order chi connectivity index (χ0) is 26.7. The Morgan fingerprint density at radius 2 is 2.08 bits per heavy atom. The second-order valence-electron chi connectivity index (χ2n) is 10.5. The Kier molecular flexibility index (Phi) is 9.76. The van der Waals surface area contributed by atoms with Gasteiger partial charge in [0, 0.05) is 22.2 Å². The van der Waals surface area contributed by atoms with Crippen molar-refractivity contribution in [3.05, 3.63) is 33.9 Å². The molecule has 5 atom stereocenters. The molecule has 0 aromatic rings. The highest BCUT2D eigenvalue weighted by Gasteiger charge is 2.43. The Labute approximate surface area is 231 Å². The average molecular weight is 580 g/mol. The number of hydrogen-bond donors (Lipinski definition) is 2. The number of carbonyl (C=O) groups excluding carboxylic acids is 1. The number of aliphatic imine (C=N–C) groups is 1. The lowest BCUT2D eigenvalue weighted by Gasteiger charge is -2.25. The summed E-state index contributed by atoms with van der Waals surface area (Å²) < 4.78 is 39.3. The summed E-state index contributed by atoms with van der Waals surface area (Å²) >= 11 is 13.5. The summed E-state index contributed by atoms with van der Waals surface area (Å²) in [5, 5.41) is 1.78. The van der Waals surface area contributed by atoms with Crippen LogP contribution in [-0.4, -0.2) is 65.0 Å². The fourth-order valence-electron chi connectivity index (χ4n) is 5.47. The number of nitrogens with one attached hydrogen (secondary N) is 1. The Morgan fingerprint density at radius 3 is 2.76 bits per heavy atom. The molecule has 3 N–H and O–H groups in total. The first-order valence-electron chi connectivity index (χ1n) is 13.0. The van der Waals surface area contributed by atoms with Crippen molar-refractivity contribution in [2.75, 3.05) is 20.1 Å². The summed E-state index contributed by atoms with van der Waals surface area (Å²) in [5.74, 6) is 0.355. The van der Waals surface area contributed by atoms with Crippen LogP contribution < -0.4 is 11.1 Å². The number of hydrogen-bond acceptors (Lipinski definition) is 6. The number of amidine groups is 1. The van der Waals surface area contributed by atoms with Gasteiger partial charge in [0.1, 0.15) is 11.4 Å². The average Bonchev–Trinajstić information content (AvgIpc) is 3.06. The smallest absolute Gasteiger partial charge is 0.362 e. The third-order valence-electron chi connectivity index (χ3n) is 7.75. The van der Waals surface area contributed by atoms with Gasteiger partial charge in [0.2, 0.25) is 0 Å². The van der Waals surface area contributed by atoms with Gasteiger partial charge in [-0.3, -0.25) is 4.79 Å². The van der Waals surface area contributed by atoms with Crippen LogP contribution >= 0.6 is 35.0 Å². The molecule has 4 rings (SSSR count). The fourth-order valence-corrected chi connectivity index (χ4v) is 7.36. The molecule has 0 radical (unpaired) electrons. The number of Topliss-reactive ketones (excluding diaryl/α,β-unsaturated/α-hetero) is 1. The zero-order valence-corrected chi connectivity index (χ0v) is 23.3. The summed E-state index contributed by atoms with van der Waals surface area (Å²) in [5.41, 5.74) is 6.79. The number of nitrogens with zero attached hydrogens (tertiary/aromatic N) is 2. The van der Waals surface area contributed by atoms with Crippen LogP contribution in [0.5, 0.6) is 0 Å². The summed E-state index contributed by atoms with van der Waals surface area (Å²) in [6.07, 6.45) is 6.51. The van der Waals surface area contributed by atoms with Gasteiger partial charge in [-0.05, 0) is 89.9 Å². The molecule has 206 valence electrons. The van der Waals surface area contributed by atoms with Crippen molar-refractivity contribution in [2.24, 2.45) is 16.6 Å². The summed E-state index contributed by atoms with van der Waals surface area (Å²) in [6, 6.07) is 0.207. The Morgan fingerprint density at radius 1 is 1.30 bits per heavy atom. The molecule has 2 heterocycles. The summed E-state index contributed by atoms with van der Waals surface area (Å²) in [7, 11) is 2.21. The van der Waals surface area contributed by atoms with E-state index in [1.807, 2.05) is 0 Å². The van der Waals surface area contributed by atoms with E-state index in [0.29, 0.717) is 5.17 Å². The summed E-state index contributed by atoms with van der Waals surface area (Å²) in [6.45, 7) is 2.40. The number of likely N-dealkylation sites (tertiary alicyclic amines) is 1. The second-order valence-corrected chi connectivity index (χ2v) is 12.6. The number of allylic oxidation sites excluding steroid dienone is 5. The van der Waals surface area contributed by atoms with E-state index < -0.39 is 40.7 Å². The highest BCUT2D eigenvalue weighted by molar-refractivity contribution is 8.15. The number of thioether (sulfide) groups is 1. The van der Waals surface area contributed by atoms with E-state index in [2.05, 4.69) is 28.3 Å². The maximum Gasteiger partial charge on any atom is 0.412 e. The molecule has 1 fully saturated rings. The van der Waals surface area contributed by atoms with Crippen LogP contribution in [0.4, 0.5) is 13.2 Å². The van der Waals surface area contributed by atoms with Gasteiger partial charge in [0.05, 0.1) is 5.38 Å². The highest BCUT2D eigenvalue weighted by Crippen LogP contribution is 2.41. The fraction of sp³-hybridized carbons (Fsp3) is 0.692. The van der Waals surface area contributed by atoms with Gasteiger partial charge in [-0.15, -0.1) is 11.6 Å². The van der Waals surface area contributed by atoms with E-state index in [-0.39, 0.29) is 16.6 Å². The van der Waals surface area contributed by atoms with Crippen LogP contribution in [0.2, 0.25) is 0 Å². The molecule has 0 bridgehead atoms. The normalized spacial score (nSPS) is 32.0. The zero-order valence-electron chi connectivity index (χ0n) is 21.0. The first-order valence-corrected chi connectivity index (χ1v) is 14.7. The first-order chi connectivity index (χ1) is 17.5. The SMILES string of the molecule is CN1CCCC(CCC2=CCC(NC3=NC(N)[C@@H](C(=O)C4=C(Cl)C=C(C(F)(F)F)C[C@H]4Cl)S3)CC2)CC1. The molecule has 2 aliphatic carbocycles. The van der Waals surface area contributed by atoms with E-state index in [1.54, 1.807) is 0 Å². The second kappa shape index (κ2) is 12.5. The molecule has 3 unspecified atom stereocenters. The maximum absolute atomic E-state index is 13.2. The lowest BCUT2D eigenvalue weighted by Crippen LogP contribution is -2.37. The third-order valence-corrected chi connectivity index (χ3v) is 9.63. The number of ketones is 1. The predicted molar refractivity (Wildman–Crippen MR) is 146 cm³/mol. The standard InChI is InChI=1S/C26H35Cl2F3N4OS/c1-35-11-2-3-15(10-12-35)4-5-16-6-8-18(9-7-16)33-25-34-24(32)23(37-25)22(36)21-19(27)13-17(14-20(21)28)26(29,30)31/h6,13,15,18,20,23-24H,2-5,7-12,14,32H2,1H3,(H,33,34)/t15?,18?,20-,23-,24?/m1/s1. The minimum atomic E-state index is -4.54. The quantitative estimate of drug-likeness (QED) is 0.304. The topological polar surface area (TPSA) is 70.7 Å². The van der Waals surface area contributed by atoms with Crippen LogP contribution in [0.1, 0.15) is 57.8 Å². The van der Waals surface area contributed by atoms with Gasteiger partial charge in [0.25, 0.3) is 0 Å². The largest absolute Gasteiger partial charge is 0.412 e. The lowest BCUT2D eigenvalue weighted by molar-refractivity contribution is -0.115. The molecule has 37 heavy (non-hydrogen) atoms. The van der Waals surface area contributed by atoms with Crippen molar-refractivity contribution >= 4 is 45.9 Å². The van der Waals surface area contributed by atoms with Crippen molar-refractivity contribution in [2.45, 2.75) is 86.8 Å². The van der Waals surface area contributed by atoms with E-state index >= 15 is 0 Å². The van der Waals surface area contributed by atoms with E-state index in [0.717, 1.165) is 37.7 Å². The van der Waals surface area contributed by atoms with Crippen molar-refractivity contribution in [1.82, 2.24) is 10.2 Å². The highest BCUT2D eigenvalue weighted by atomic mass is 35.5. The molecule has 0 amide bonds. The number of alkyl halides is 4. The lowest BCUT2D eigenvalue weighted by atomic mass is 9.88. The first kappa shape index (κ1) is 29.0. The van der Waals surface area contributed by atoms with Gasteiger partial charge in [-0.25, -0.2) is 4.99 Å². The molecule has 4 aliphatic rings. The number of carbonyl (C=O) groups is 1. The molecule has 2 aliphatic heterocycles. The van der Waals surface area contributed by atoms with Gasteiger partial charge in [-0.2, -0.15) is 13.2 Å². The van der Waals surface area contributed by atoms with Gasteiger partial charge in [0.15, 0.2) is 11.0 Å². The molecule has 0 aromatic carbocycles. The Balaban J connectivity index is 1.28. The maximum atomic E-state index is 13.2. The van der Waals surface area contributed by atoms with E-state index in [4.69, 9.17) is 28.9 Å². The van der Waals surface area contributed by atoms with Crippen molar-refractivity contribution in [1.29, 1.82) is 0 Å². The number of rotatable bonds is 6. The molecule has 0 saturated carbocycles. The molecule has 0 aromatic heterocycles. The predicted octanol–water partition coefficient (Wildman–Crippen LogP) is 5.89. The molecular formula is C26H35Cl2F3N4OS. The molecule has 0 spiro atoms. The van der Waals surface area contributed by atoms with E-state index in [1.165, 1.54) is 56.1 Å². The van der Waals surface area contributed by atoms with Crippen LogP contribution in [0.3, 0.4) is 0 Å². The van der Waals surface area contributed by atoms with Gasteiger partial charge >= 0.3 is 6.18 Å². The van der Waals surface area contributed by atoms with Gasteiger partial charge in [-0.1, -0.05) is 35.0 Å². The Hall–Kier alpha value is -1.000. The van der Waals surface area contributed by atoms with E-state index in [9.17, 15) is 18.0 Å². The van der Waals surface area contributed by atoms with Crippen molar-refractivity contribution < 1.29 is 18.0 Å². The van der Waals surface area contributed by atoms with Crippen molar-refractivity contribution in [3.63, 3.8) is 0 Å². The minimum Gasteiger partial charge on any atom is -0.362 e. The van der Waals surface area contributed by atoms with Gasteiger partial charge < -0.3 is 16.0 Å². The molecule has 5 nitrogen and oxygen atoms in total. The van der Waals surface area contributed by atoms with Crippen LogP contribution in [0.15, 0.2) is 38.9 Å². The Bertz CT molecular complexity index is 997. The minimum absolute atomic E-state index is 0.0220. The number of halogens is 5. The number of nitrogens with two attached hydrogens (primary N) is 1. The van der Waals surface area contributed by atoms with Crippen LogP contribution in [0.25, 0.3) is 0 Å². The molecular weight excluding hydrogens is 544 g/mol. The summed E-state index contributed by atoms with van der Waals surface area (Å²) in [4.78, 5) is 20.0. The van der Waals surface area contributed by atoms with Crippen LogP contribution in [0, 0.1) is 5.92 Å².